The second kappa shape index (κ2) is 8.37. The Morgan fingerprint density at radius 1 is 1.29 bits per heavy atom. The highest BCUT2D eigenvalue weighted by molar-refractivity contribution is 5.83. The lowest BCUT2D eigenvalue weighted by molar-refractivity contribution is -0.139. The number of amides is 2. The van der Waals surface area contributed by atoms with Crippen molar-refractivity contribution < 1.29 is 22.8 Å². The molecule has 2 aromatic rings. The van der Waals surface area contributed by atoms with Crippen LogP contribution in [0.2, 0.25) is 0 Å². The minimum Gasteiger partial charge on any atom is -0.350 e. The third-order valence-electron chi connectivity index (χ3n) is 4.59. The van der Waals surface area contributed by atoms with Crippen molar-refractivity contribution in [3.8, 4) is 0 Å². The van der Waals surface area contributed by atoms with E-state index in [0.29, 0.717) is 17.7 Å². The van der Waals surface area contributed by atoms with Gasteiger partial charge in [-0.3, -0.25) is 9.59 Å². The lowest BCUT2D eigenvalue weighted by Gasteiger charge is -2.32. The lowest BCUT2D eigenvalue weighted by atomic mass is 9.96. The van der Waals surface area contributed by atoms with Crippen LogP contribution in [0.1, 0.15) is 29.7 Å². The topological polar surface area (TPSA) is 75.2 Å². The molecule has 1 aromatic carbocycles. The Bertz CT molecular complexity index is 843. The summed E-state index contributed by atoms with van der Waals surface area (Å²) in [6.07, 6.45) is -0.883. The van der Waals surface area contributed by atoms with Gasteiger partial charge in [-0.25, -0.2) is 9.97 Å². The number of rotatable bonds is 5. The van der Waals surface area contributed by atoms with E-state index in [9.17, 15) is 22.8 Å². The Morgan fingerprint density at radius 3 is 2.82 bits per heavy atom. The number of aromatic nitrogens is 2. The molecule has 148 valence electrons. The summed E-state index contributed by atoms with van der Waals surface area (Å²) in [5.41, 5.74) is 0.287. The molecule has 0 aliphatic carbocycles. The minimum atomic E-state index is -4.44. The fourth-order valence-electron chi connectivity index (χ4n) is 3.09. The molecule has 9 heteroatoms. The number of likely N-dealkylation sites (tertiary alicyclic amines) is 1. The molecule has 0 bridgehead atoms. The molecular weight excluding hydrogens is 373 g/mol. The minimum absolute atomic E-state index is 0.0401. The van der Waals surface area contributed by atoms with Crippen LogP contribution in [-0.2, 0) is 28.9 Å². The number of carbonyl (C=O) groups excluding carboxylic acids is 2. The van der Waals surface area contributed by atoms with Gasteiger partial charge in [-0.2, -0.15) is 13.2 Å². The highest BCUT2D eigenvalue weighted by atomic mass is 19.4. The fourth-order valence-corrected chi connectivity index (χ4v) is 3.09. The third-order valence-corrected chi connectivity index (χ3v) is 4.59. The quantitative estimate of drug-likeness (QED) is 0.849. The molecule has 6 nitrogen and oxygen atoms in total. The molecule has 1 saturated heterocycles. The number of nitrogens with one attached hydrogen (secondary N) is 1. The Morgan fingerprint density at radius 2 is 2.11 bits per heavy atom. The van der Waals surface area contributed by atoms with Crippen LogP contribution < -0.4 is 5.32 Å². The number of carbonyl (C=O) groups is 2. The second-order valence-electron chi connectivity index (χ2n) is 6.63. The van der Waals surface area contributed by atoms with E-state index in [1.54, 1.807) is 18.3 Å². The second-order valence-corrected chi connectivity index (χ2v) is 6.63. The van der Waals surface area contributed by atoms with Crippen molar-refractivity contribution in [2.24, 2.45) is 5.92 Å². The van der Waals surface area contributed by atoms with Gasteiger partial charge in [0.1, 0.15) is 6.33 Å². The molecule has 0 spiro atoms. The van der Waals surface area contributed by atoms with Crippen molar-refractivity contribution in [2.45, 2.75) is 32.1 Å². The highest BCUT2D eigenvalue weighted by Gasteiger charge is 2.32. The number of benzene rings is 1. The number of halogens is 3. The van der Waals surface area contributed by atoms with E-state index in [4.69, 9.17) is 0 Å². The average Bonchev–Trinajstić information content (AvgIpc) is 2.68. The van der Waals surface area contributed by atoms with Gasteiger partial charge >= 0.3 is 6.18 Å². The van der Waals surface area contributed by atoms with Crippen molar-refractivity contribution in [2.75, 3.05) is 6.54 Å². The van der Waals surface area contributed by atoms with Crippen molar-refractivity contribution in [1.29, 1.82) is 0 Å². The van der Waals surface area contributed by atoms with Crippen LogP contribution in [0.15, 0.2) is 42.9 Å². The summed E-state index contributed by atoms with van der Waals surface area (Å²) in [5, 5.41) is 2.78. The summed E-state index contributed by atoms with van der Waals surface area (Å²) in [5.74, 6) is -0.789. The standard InChI is InChI=1S/C19H19F3N4O2/c20-19(21,22)15-3-1-2-13(8-15)10-26-11-14(4-5-17(26)27)18(28)24-9-16-6-7-23-12-25-16/h1-3,6-8,12,14H,4-5,9-11H2,(H,24,28). The molecule has 1 unspecified atom stereocenters. The molecule has 1 N–H and O–H groups in total. The van der Waals surface area contributed by atoms with Gasteiger partial charge in [0.15, 0.2) is 0 Å². The van der Waals surface area contributed by atoms with Crippen LogP contribution in [0.5, 0.6) is 0 Å². The Hall–Kier alpha value is -2.97. The predicted molar refractivity (Wildman–Crippen MR) is 93.5 cm³/mol. The fraction of sp³-hybridized carbons (Fsp3) is 0.368. The smallest absolute Gasteiger partial charge is 0.350 e. The van der Waals surface area contributed by atoms with Gasteiger partial charge in [0.2, 0.25) is 11.8 Å². The molecular formula is C19H19F3N4O2. The zero-order chi connectivity index (χ0) is 20.1. The molecule has 28 heavy (non-hydrogen) atoms. The van der Waals surface area contributed by atoms with Crippen LogP contribution in [-0.4, -0.2) is 33.2 Å². The Balaban J connectivity index is 1.61. The monoisotopic (exact) mass is 392 g/mol. The molecule has 1 aliphatic heterocycles. The van der Waals surface area contributed by atoms with E-state index >= 15 is 0 Å². The predicted octanol–water partition coefficient (Wildman–Crippen LogP) is 2.55. The maximum Gasteiger partial charge on any atom is 0.416 e. The lowest BCUT2D eigenvalue weighted by Crippen LogP contribution is -2.45. The number of nitrogens with zero attached hydrogens (tertiary/aromatic N) is 3. The molecule has 1 aromatic heterocycles. The zero-order valence-corrected chi connectivity index (χ0v) is 14.9. The van der Waals surface area contributed by atoms with E-state index in [1.807, 2.05) is 0 Å². The van der Waals surface area contributed by atoms with Crippen molar-refractivity contribution in [3.63, 3.8) is 0 Å². The van der Waals surface area contributed by atoms with Gasteiger partial charge in [0.25, 0.3) is 0 Å². The first kappa shape index (κ1) is 19.8. The van der Waals surface area contributed by atoms with Gasteiger partial charge in [-0.1, -0.05) is 12.1 Å². The summed E-state index contributed by atoms with van der Waals surface area (Å²) < 4.78 is 38.6. The first-order chi connectivity index (χ1) is 13.3. The van der Waals surface area contributed by atoms with Crippen LogP contribution >= 0.6 is 0 Å². The molecule has 2 amide bonds. The normalized spacial score (nSPS) is 17.5. The van der Waals surface area contributed by atoms with Crippen molar-refractivity contribution in [3.05, 3.63) is 59.7 Å². The summed E-state index contributed by atoms with van der Waals surface area (Å²) in [6.45, 7) is 0.461. The SMILES string of the molecule is O=C(NCc1ccncn1)C1CCC(=O)N(Cc2cccc(C(F)(F)F)c2)C1. The van der Waals surface area contributed by atoms with Gasteiger partial charge in [0.05, 0.1) is 23.7 Å². The summed E-state index contributed by atoms with van der Waals surface area (Å²) in [7, 11) is 0. The first-order valence-electron chi connectivity index (χ1n) is 8.79. The van der Waals surface area contributed by atoms with E-state index in [1.165, 1.54) is 17.3 Å². The summed E-state index contributed by atoms with van der Waals surface area (Å²) in [6, 6.07) is 6.57. The molecule has 1 aliphatic rings. The van der Waals surface area contributed by atoms with Crippen molar-refractivity contribution in [1.82, 2.24) is 20.2 Å². The molecule has 0 saturated carbocycles. The summed E-state index contributed by atoms with van der Waals surface area (Å²) >= 11 is 0. The molecule has 3 rings (SSSR count). The van der Waals surface area contributed by atoms with Gasteiger partial charge < -0.3 is 10.2 Å². The molecule has 1 fully saturated rings. The van der Waals surface area contributed by atoms with Gasteiger partial charge in [-0.15, -0.1) is 0 Å². The number of alkyl halides is 3. The Kier molecular flexibility index (Phi) is 5.91. The number of piperidine rings is 1. The number of hydrogen-bond acceptors (Lipinski definition) is 4. The maximum atomic E-state index is 12.9. The molecule has 2 heterocycles. The Labute approximate surface area is 159 Å². The van der Waals surface area contributed by atoms with Crippen LogP contribution in [0, 0.1) is 5.92 Å². The maximum absolute atomic E-state index is 12.9. The zero-order valence-electron chi connectivity index (χ0n) is 14.9. The van der Waals surface area contributed by atoms with E-state index < -0.39 is 17.7 Å². The van der Waals surface area contributed by atoms with Crippen LogP contribution in [0.4, 0.5) is 13.2 Å². The van der Waals surface area contributed by atoms with E-state index in [0.717, 1.165) is 12.1 Å². The molecule has 1 atom stereocenters. The van der Waals surface area contributed by atoms with Gasteiger partial charge in [-0.05, 0) is 30.2 Å². The largest absolute Gasteiger partial charge is 0.416 e. The van der Waals surface area contributed by atoms with Crippen LogP contribution in [0.3, 0.4) is 0 Å². The third kappa shape index (κ3) is 5.05. The van der Waals surface area contributed by atoms with Gasteiger partial charge in [0, 0.05) is 25.7 Å². The summed E-state index contributed by atoms with van der Waals surface area (Å²) in [4.78, 5) is 33.9. The van der Waals surface area contributed by atoms with E-state index in [-0.39, 0.29) is 37.9 Å². The van der Waals surface area contributed by atoms with E-state index in [2.05, 4.69) is 15.3 Å². The average molecular weight is 392 g/mol. The number of hydrogen-bond donors (Lipinski definition) is 1. The van der Waals surface area contributed by atoms with Crippen LogP contribution in [0.25, 0.3) is 0 Å². The highest BCUT2D eigenvalue weighted by Crippen LogP contribution is 2.30. The van der Waals surface area contributed by atoms with Crippen molar-refractivity contribution >= 4 is 11.8 Å². The first-order valence-corrected chi connectivity index (χ1v) is 8.79. The molecule has 0 radical (unpaired) electrons.